The van der Waals surface area contributed by atoms with Crippen molar-refractivity contribution in [1.82, 2.24) is 5.32 Å². The number of rotatable bonds is 10. The zero-order valence-corrected chi connectivity index (χ0v) is 13.4. The third-order valence-electron chi connectivity index (χ3n) is 2.95. The molecule has 1 unspecified atom stereocenters. The standard InChI is InChI=1S/C16H21NO4S/c1-3-4-5-14(16(19)20)17-15(18)10-11-22-13-8-6-12(21-2)7-9-13/h3,6-9,14H,1,4-5,10-11H2,2H3,(H,17,18)(H,19,20). The van der Waals surface area contributed by atoms with Crippen molar-refractivity contribution >= 4 is 23.6 Å². The molecule has 120 valence electrons. The highest BCUT2D eigenvalue weighted by molar-refractivity contribution is 7.99. The van der Waals surface area contributed by atoms with Gasteiger partial charge in [-0.2, -0.15) is 0 Å². The number of carbonyl (C=O) groups is 2. The molecule has 2 N–H and O–H groups in total. The number of hydrogen-bond donors (Lipinski definition) is 2. The number of allylic oxidation sites excluding steroid dienone is 1. The minimum absolute atomic E-state index is 0.252. The number of nitrogens with one attached hydrogen (secondary N) is 1. The molecule has 0 fully saturated rings. The van der Waals surface area contributed by atoms with E-state index in [0.717, 1.165) is 10.6 Å². The number of carbonyl (C=O) groups excluding carboxylic acids is 1. The monoisotopic (exact) mass is 323 g/mol. The fourth-order valence-corrected chi connectivity index (χ4v) is 2.59. The van der Waals surface area contributed by atoms with E-state index in [4.69, 9.17) is 9.84 Å². The largest absolute Gasteiger partial charge is 0.497 e. The SMILES string of the molecule is C=CCCC(NC(=O)CCSc1ccc(OC)cc1)C(=O)O. The van der Waals surface area contributed by atoms with Gasteiger partial charge in [0.1, 0.15) is 11.8 Å². The number of aliphatic carboxylic acids is 1. The highest BCUT2D eigenvalue weighted by Crippen LogP contribution is 2.21. The molecule has 1 rings (SSSR count). The maximum Gasteiger partial charge on any atom is 0.326 e. The van der Waals surface area contributed by atoms with Crippen molar-refractivity contribution in [3.8, 4) is 5.75 Å². The van der Waals surface area contributed by atoms with Crippen LogP contribution >= 0.6 is 11.8 Å². The Morgan fingerprint density at radius 1 is 1.41 bits per heavy atom. The molecule has 0 aliphatic carbocycles. The van der Waals surface area contributed by atoms with Crippen LogP contribution in [-0.4, -0.2) is 35.9 Å². The zero-order chi connectivity index (χ0) is 16.4. The molecule has 0 spiro atoms. The lowest BCUT2D eigenvalue weighted by Crippen LogP contribution is -2.40. The average Bonchev–Trinajstić information content (AvgIpc) is 2.51. The molecular weight excluding hydrogens is 302 g/mol. The molecule has 0 aliphatic rings. The van der Waals surface area contributed by atoms with Crippen LogP contribution in [0.4, 0.5) is 0 Å². The molecule has 22 heavy (non-hydrogen) atoms. The summed E-state index contributed by atoms with van der Waals surface area (Å²) in [6, 6.07) is 6.71. The van der Waals surface area contributed by atoms with Gasteiger partial charge in [0, 0.05) is 17.1 Å². The number of ether oxygens (including phenoxy) is 1. The fourth-order valence-electron chi connectivity index (χ4n) is 1.74. The first-order valence-corrected chi connectivity index (χ1v) is 7.95. The van der Waals surface area contributed by atoms with E-state index in [-0.39, 0.29) is 12.3 Å². The van der Waals surface area contributed by atoms with Crippen molar-refractivity contribution in [3.63, 3.8) is 0 Å². The number of methoxy groups -OCH3 is 1. The Morgan fingerprint density at radius 2 is 2.09 bits per heavy atom. The normalized spacial score (nSPS) is 11.5. The van der Waals surface area contributed by atoms with Crippen molar-refractivity contribution < 1.29 is 19.4 Å². The van der Waals surface area contributed by atoms with Crippen molar-refractivity contribution in [2.24, 2.45) is 0 Å². The fraction of sp³-hybridized carbons (Fsp3) is 0.375. The molecule has 1 aromatic carbocycles. The number of carboxylic acids is 1. The Hall–Kier alpha value is -1.95. The van der Waals surface area contributed by atoms with Gasteiger partial charge in [0.25, 0.3) is 0 Å². The summed E-state index contributed by atoms with van der Waals surface area (Å²) >= 11 is 1.54. The lowest BCUT2D eigenvalue weighted by molar-refractivity contribution is -0.141. The third kappa shape index (κ3) is 6.67. The summed E-state index contributed by atoms with van der Waals surface area (Å²) in [6.45, 7) is 3.55. The van der Waals surface area contributed by atoms with Gasteiger partial charge in [-0.3, -0.25) is 4.79 Å². The Labute approximate surface area is 134 Å². The Bertz CT molecular complexity index is 501. The van der Waals surface area contributed by atoms with Crippen LogP contribution in [0.3, 0.4) is 0 Å². The molecule has 0 heterocycles. The molecule has 0 radical (unpaired) electrons. The molecule has 5 nitrogen and oxygen atoms in total. The lowest BCUT2D eigenvalue weighted by atomic mass is 10.1. The van der Waals surface area contributed by atoms with Gasteiger partial charge in [0.15, 0.2) is 0 Å². The van der Waals surface area contributed by atoms with Crippen LogP contribution in [0.25, 0.3) is 0 Å². The Balaban J connectivity index is 2.34. The summed E-state index contributed by atoms with van der Waals surface area (Å²) in [4.78, 5) is 23.8. The second kappa shape index (κ2) is 9.89. The second-order valence-corrected chi connectivity index (χ2v) is 5.77. The van der Waals surface area contributed by atoms with Crippen LogP contribution < -0.4 is 10.1 Å². The highest BCUT2D eigenvalue weighted by Gasteiger charge is 2.18. The predicted octanol–water partition coefficient (Wildman–Crippen LogP) is 2.71. The van der Waals surface area contributed by atoms with E-state index in [1.165, 1.54) is 0 Å². The van der Waals surface area contributed by atoms with Crippen LogP contribution in [-0.2, 0) is 9.59 Å². The second-order valence-electron chi connectivity index (χ2n) is 4.60. The number of hydrogen-bond acceptors (Lipinski definition) is 4. The first-order valence-electron chi connectivity index (χ1n) is 6.96. The molecule has 1 aromatic rings. The maximum atomic E-state index is 11.8. The summed E-state index contributed by atoms with van der Waals surface area (Å²) in [5.74, 6) is 0.107. The third-order valence-corrected chi connectivity index (χ3v) is 3.96. The van der Waals surface area contributed by atoms with E-state index >= 15 is 0 Å². The highest BCUT2D eigenvalue weighted by atomic mass is 32.2. The maximum absolute atomic E-state index is 11.8. The molecule has 0 saturated carbocycles. The van der Waals surface area contributed by atoms with Crippen LogP contribution in [0.2, 0.25) is 0 Å². The quantitative estimate of drug-likeness (QED) is 0.511. The van der Waals surface area contributed by atoms with Gasteiger partial charge in [-0.15, -0.1) is 18.3 Å². The van der Waals surface area contributed by atoms with Gasteiger partial charge in [0.2, 0.25) is 5.91 Å². The van der Waals surface area contributed by atoms with E-state index in [1.54, 1.807) is 24.9 Å². The molecule has 1 amide bonds. The molecule has 0 aromatic heterocycles. The number of carboxylic acid groups (broad SMARTS) is 1. The summed E-state index contributed by atoms with van der Waals surface area (Å²) in [7, 11) is 1.61. The van der Waals surface area contributed by atoms with Crippen molar-refractivity contribution in [2.45, 2.75) is 30.2 Å². The first kappa shape index (κ1) is 18.1. The van der Waals surface area contributed by atoms with Crippen molar-refractivity contribution in [1.29, 1.82) is 0 Å². The van der Waals surface area contributed by atoms with Crippen molar-refractivity contribution in [2.75, 3.05) is 12.9 Å². The first-order chi connectivity index (χ1) is 10.6. The summed E-state index contributed by atoms with van der Waals surface area (Å²) < 4.78 is 5.07. The minimum Gasteiger partial charge on any atom is -0.497 e. The predicted molar refractivity (Wildman–Crippen MR) is 87.3 cm³/mol. The minimum atomic E-state index is -1.02. The topological polar surface area (TPSA) is 75.6 Å². The molecule has 0 bridgehead atoms. The number of benzene rings is 1. The van der Waals surface area contributed by atoms with E-state index < -0.39 is 12.0 Å². The van der Waals surface area contributed by atoms with Gasteiger partial charge >= 0.3 is 5.97 Å². The number of amides is 1. The van der Waals surface area contributed by atoms with Gasteiger partial charge in [-0.1, -0.05) is 6.08 Å². The van der Waals surface area contributed by atoms with E-state index in [0.29, 0.717) is 18.6 Å². The van der Waals surface area contributed by atoms with Gasteiger partial charge in [-0.25, -0.2) is 4.79 Å². The van der Waals surface area contributed by atoms with Gasteiger partial charge in [-0.05, 0) is 37.1 Å². The van der Waals surface area contributed by atoms with Crippen LogP contribution in [0, 0.1) is 0 Å². The van der Waals surface area contributed by atoms with Crippen LogP contribution in [0.5, 0.6) is 5.75 Å². The molecule has 1 atom stereocenters. The average molecular weight is 323 g/mol. The van der Waals surface area contributed by atoms with E-state index in [9.17, 15) is 9.59 Å². The summed E-state index contributed by atoms with van der Waals surface area (Å²) in [6.07, 6.45) is 2.82. The van der Waals surface area contributed by atoms with Crippen LogP contribution in [0.1, 0.15) is 19.3 Å². The smallest absolute Gasteiger partial charge is 0.326 e. The van der Waals surface area contributed by atoms with Crippen molar-refractivity contribution in [3.05, 3.63) is 36.9 Å². The molecule has 6 heteroatoms. The van der Waals surface area contributed by atoms with Gasteiger partial charge < -0.3 is 15.2 Å². The Morgan fingerprint density at radius 3 is 2.64 bits per heavy atom. The molecule has 0 saturated heterocycles. The van der Waals surface area contributed by atoms with E-state index in [1.807, 2.05) is 24.3 Å². The summed E-state index contributed by atoms with van der Waals surface area (Å²) in [5, 5.41) is 11.6. The Kier molecular flexibility index (Phi) is 8.14. The van der Waals surface area contributed by atoms with E-state index in [2.05, 4.69) is 11.9 Å². The zero-order valence-electron chi connectivity index (χ0n) is 12.6. The molecular formula is C16H21NO4S. The van der Waals surface area contributed by atoms with Gasteiger partial charge in [0.05, 0.1) is 7.11 Å². The number of thioether (sulfide) groups is 1. The molecule has 0 aliphatic heterocycles. The summed E-state index contributed by atoms with van der Waals surface area (Å²) in [5.41, 5.74) is 0. The lowest BCUT2D eigenvalue weighted by Gasteiger charge is -2.13. The van der Waals surface area contributed by atoms with Crippen LogP contribution in [0.15, 0.2) is 41.8 Å².